The highest BCUT2D eigenvalue weighted by molar-refractivity contribution is 5.99. The fourth-order valence-corrected chi connectivity index (χ4v) is 3.49. The average Bonchev–Trinajstić information content (AvgIpc) is 3.32. The lowest BCUT2D eigenvalue weighted by atomic mass is 10.1. The Morgan fingerprint density at radius 3 is 2.29 bits per heavy atom. The Hall–Kier alpha value is -4.47. The number of carbonyl (C=O) groups is 1. The van der Waals surface area contributed by atoms with Crippen molar-refractivity contribution >= 4 is 11.6 Å². The van der Waals surface area contributed by atoms with Crippen LogP contribution >= 0.6 is 0 Å². The second kappa shape index (κ2) is 9.80. The molecule has 0 aliphatic rings. The zero-order chi connectivity index (χ0) is 25.0. The van der Waals surface area contributed by atoms with Crippen LogP contribution in [0, 0.1) is 0 Å². The summed E-state index contributed by atoms with van der Waals surface area (Å²) in [6.45, 7) is 0. The lowest BCUT2D eigenvalue weighted by molar-refractivity contribution is -0.137. The first kappa shape index (κ1) is 23.7. The zero-order valence-corrected chi connectivity index (χ0v) is 18.8. The van der Waals surface area contributed by atoms with E-state index in [-0.39, 0.29) is 11.4 Å². The highest BCUT2D eigenvalue weighted by Crippen LogP contribution is 2.35. The second-order valence-electron chi connectivity index (χ2n) is 7.36. The van der Waals surface area contributed by atoms with E-state index in [0.717, 1.165) is 6.07 Å². The number of rotatable bonds is 7. The van der Waals surface area contributed by atoms with Crippen molar-refractivity contribution in [2.24, 2.45) is 0 Å². The fourth-order valence-electron chi connectivity index (χ4n) is 3.49. The van der Waals surface area contributed by atoms with Crippen LogP contribution in [-0.2, 0) is 6.18 Å². The van der Waals surface area contributed by atoms with Crippen LogP contribution in [0.2, 0.25) is 0 Å². The summed E-state index contributed by atoms with van der Waals surface area (Å²) in [4.78, 5) is 13.1. The lowest BCUT2D eigenvalue weighted by Crippen LogP contribution is -2.31. The van der Waals surface area contributed by atoms with Gasteiger partial charge in [-0.3, -0.25) is 15.6 Å². The maximum atomic E-state index is 13.3. The Balaban J connectivity index is 1.71. The Morgan fingerprint density at radius 2 is 1.60 bits per heavy atom. The molecule has 0 unspecified atom stereocenters. The zero-order valence-electron chi connectivity index (χ0n) is 18.8. The third-order valence-corrected chi connectivity index (χ3v) is 5.19. The molecule has 1 amide bonds. The van der Waals surface area contributed by atoms with Gasteiger partial charge in [0, 0.05) is 11.8 Å². The summed E-state index contributed by atoms with van der Waals surface area (Å²) in [5.41, 5.74) is 5.25. The number of ether oxygens (including phenoxy) is 2. The van der Waals surface area contributed by atoms with Crippen LogP contribution in [0.5, 0.6) is 11.5 Å². The predicted molar refractivity (Wildman–Crippen MR) is 125 cm³/mol. The number of amides is 1. The number of hydrogen-bond acceptors (Lipinski definition) is 5. The number of methoxy groups -OCH3 is 2. The molecular formula is C25H21F3N4O3. The standard InChI is InChI=1S/C25H21F3N4O3/c1-34-21-13-12-16(14-22(21)35-2)18-15-32(17-8-4-3-5-9-17)31-23(18)24(33)30-29-20-11-7-6-10-19(20)25(26,27)28/h3-15,29H,1-2H3,(H,30,33). The number of alkyl halides is 3. The van der Waals surface area contributed by atoms with Crippen LogP contribution in [0.3, 0.4) is 0 Å². The van der Waals surface area contributed by atoms with Crippen molar-refractivity contribution in [1.82, 2.24) is 15.2 Å². The molecule has 35 heavy (non-hydrogen) atoms. The van der Waals surface area contributed by atoms with Crippen LogP contribution in [0.15, 0.2) is 79.0 Å². The Kier molecular flexibility index (Phi) is 6.63. The molecule has 4 rings (SSSR count). The van der Waals surface area contributed by atoms with Crippen LogP contribution in [0.1, 0.15) is 16.1 Å². The molecule has 1 aromatic heterocycles. The minimum absolute atomic E-state index is 0.00179. The molecule has 0 saturated carbocycles. The predicted octanol–water partition coefficient (Wildman–Crippen LogP) is 5.33. The molecule has 0 bridgehead atoms. The number of para-hydroxylation sites is 2. The third kappa shape index (κ3) is 5.06. The summed E-state index contributed by atoms with van der Waals surface area (Å²) in [6.07, 6.45) is -2.93. The summed E-state index contributed by atoms with van der Waals surface area (Å²) in [5.74, 6) is 0.227. The van der Waals surface area contributed by atoms with E-state index in [9.17, 15) is 18.0 Å². The van der Waals surface area contributed by atoms with E-state index in [2.05, 4.69) is 16.0 Å². The second-order valence-corrected chi connectivity index (χ2v) is 7.36. The summed E-state index contributed by atoms with van der Waals surface area (Å²) in [5, 5.41) is 4.41. The quantitative estimate of drug-likeness (QED) is 0.348. The topological polar surface area (TPSA) is 77.4 Å². The van der Waals surface area contributed by atoms with Gasteiger partial charge < -0.3 is 9.47 Å². The van der Waals surface area contributed by atoms with Crippen molar-refractivity contribution in [1.29, 1.82) is 0 Å². The van der Waals surface area contributed by atoms with Crippen molar-refractivity contribution in [3.63, 3.8) is 0 Å². The van der Waals surface area contributed by atoms with Gasteiger partial charge in [0.2, 0.25) is 0 Å². The number of halogens is 3. The number of anilines is 1. The molecule has 0 atom stereocenters. The third-order valence-electron chi connectivity index (χ3n) is 5.19. The van der Waals surface area contributed by atoms with Crippen molar-refractivity contribution in [3.05, 3.63) is 90.3 Å². The Bertz CT molecular complexity index is 1340. The number of benzene rings is 3. The molecule has 4 aromatic rings. The average molecular weight is 482 g/mol. The van der Waals surface area contributed by atoms with Crippen molar-refractivity contribution in [2.45, 2.75) is 6.18 Å². The molecule has 0 aliphatic carbocycles. The van der Waals surface area contributed by atoms with Gasteiger partial charge in [0.15, 0.2) is 17.2 Å². The number of nitrogens with one attached hydrogen (secondary N) is 2. The largest absolute Gasteiger partial charge is 0.493 e. The summed E-state index contributed by atoms with van der Waals surface area (Å²) in [7, 11) is 3.00. The van der Waals surface area contributed by atoms with Gasteiger partial charge in [-0.05, 0) is 42.0 Å². The van der Waals surface area contributed by atoms with Crippen LogP contribution < -0.4 is 20.3 Å². The molecule has 180 valence electrons. The van der Waals surface area contributed by atoms with Gasteiger partial charge in [-0.2, -0.15) is 18.3 Å². The molecule has 0 spiro atoms. The summed E-state index contributed by atoms with van der Waals surface area (Å²) in [6, 6.07) is 19.1. The molecule has 0 fully saturated rings. The Morgan fingerprint density at radius 1 is 0.914 bits per heavy atom. The molecule has 1 heterocycles. The SMILES string of the molecule is COc1ccc(-c2cn(-c3ccccc3)nc2C(=O)NNc2ccccc2C(F)(F)F)cc1OC. The smallest absolute Gasteiger partial charge is 0.418 e. The van der Waals surface area contributed by atoms with Crippen molar-refractivity contribution < 1.29 is 27.4 Å². The normalized spacial score (nSPS) is 11.1. The van der Waals surface area contributed by atoms with Gasteiger partial charge in [0.05, 0.1) is 31.2 Å². The lowest BCUT2D eigenvalue weighted by Gasteiger charge is -2.15. The van der Waals surface area contributed by atoms with Gasteiger partial charge >= 0.3 is 6.18 Å². The number of hydrazine groups is 1. The molecule has 0 aliphatic heterocycles. The van der Waals surface area contributed by atoms with Gasteiger partial charge in [0.1, 0.15) is 0 Å². The van der Waals surface area contributed by atoms with E-state index in [1.54, 1.807) is 24.4 Å². The van der Waals surface area contributed by atoms with E-state index in [1.165, 1.54) is 37.1 Å². The number of carbonyl (C=O) groups excluding carboxylic acids is 1. The molecule has 3 aromatic carbocycles. The van der Waals surface area contributed by atoms with Gasteiger partial charge in [-0.25, -0.2) is 4.68 Å². The molecule has 10 heteroatoms. The minimum Gasteiger partial charge on any atom is -0.493 e. The highest BCUT2D eigenvalue weighted by atomic mass is 19.4. The molecule has 7 nitrogen and oxygen atoms in total. The van der Waals surface area contributed by atoms with Crippen molar-refractivity contribution in [2.75, 3.05) is 19.6 Å². The molecule has 0 radical (unpaired) electrons. The summed E-state index contributed by atoms with van der Waals surface area (Å²) < 4.78 is 52.1. The monoisotopic (exact) mass is 482 g/mol. The highest BCUT2D eigenvalue weighted by Gasteiger charge is 2.33. The summed E-state index contributed by atoms with van der Waals surface area (Å²) >= 11 is 0. The first-order valence-corrected chi connectivity index (χ1v) is 10.4. The molecule has 2 N–H and O–H groups in total. The van der Waals surface area contributed by atoms with E-state index >= 15 is 0 Å². The number of hydrogen-bond donors (Lipinski definition) is 2. The number of nitrogens with zero attached hydrogens (tertiary/aromatic N) is 2. The maximum absolute atomic E-state index is 13.3. The van der Waals surface area contributed by atoms with E-state index in [4.69, 9.17) is 9.47 Å². The van der Waals surface area contributed by atoms with E-state index in [0.29, 0.717) is 28.3 Å². The van der Waals surface area contributed by atoms with Gasteiger partial charge in [-0.15, -0.1) is 0 Å². The van der Waals surface area contributed by atoms with Crippen molar-refractivity contribution in [3.8, 4) is 28.3 Å². The molecular weight excluding hydrogens is 461 g/mol. The first-order chi connectivity index (χ1) is 16.8. The minimum atomic E-state index is -4.59. The van der Waals surface area contributed by atoms with Crippen LogP contribution in [0.4, 0.5) is 18.9 Å². The van der Waals surface area contributed by atoms with Gasteiger partial charge in [-0.1, -0.05) is 36.4 Å². The van der Waals surface area contributed by atoms with E-state index < -0.39 is 17.6 Å². The van der Waals surface area contributed by atoms with Crippen LogP contribution in [0.25, 0.3) is 16.8 Å². The van der Waals surface area contributed by atoms with Crippen LogP contribution in [-0.4, -0.2) is 29.9 Å². The van der Waals surface area contributed by atoms with Gasteiger partial charge in [0.25, 0.3) is 5.91 Å². The molecule has 0 saturated heterocycles. The Labute approximate surface area is 199 Å². The number of aromatic nitrogens is 2. The maximum Gasteiger partial charge on any atom is 0.418 e. The van der Waals surface area contributed by atoms with E-state index in [1.807, 2.05) is 30.3 Å². The first-order valence-electron chi connectivity index (χ1n) is 10.4. The fraction of sp³-hybridized carbons (Fsp3) is 0.120.